The Hall–Kier alpha value is -0.590. The van der Waals surface area contributed by atoms with Gasteiger partial charge in [0, 0.05) is 6.42 Å². The molecule has 0 aromatic heterocycles. The lowest BCUT2D eigenvalue weighted by atomic mass is 10.0. The summed E-state index contributed by atoms with van der Waals surface area (Å²) in [5.74, 6) is 0.342. The molecule has 0 atom stereocenters. The van der Waals surface area contributed by atoms with Gasteiger partial charge >= 0.3 is 0 Å². The molecule has 0 saturated carbocycles. The van der Waals surface area contributed by atoms with Crippen LogP contribution in [0, 0.1) is 0 Å². The quantitative estimate of drug-likeness (QED) is 0.430. The summed E-state index contributed by atoms with van der Waals surface area (Å²) in [5, 5.41) is 0. The summed E-state index contributed by atoms with van der Waals surface area (Å²) >= 11 is 0. The maximum absolute atomic E-state index is 11.8. The zero-order chi connectivity index (χ0) is 17.8. The molecule has 0 unspecified atom stereocenters. The minimum absolute atomic E-state index is 0.342. The van der Waals surface area contributed by atoms with Crippen molar-refractivity contribution >= 4 is 5.78 Å². The van der Waals surface area contributed by atoms with Gasteiger partial charge in [0.15, 0.2) is 5.78 Å². The normalized spacial score (nSPS) is 24.2. The van der Waals surface area contributed by atoms with Crippen molar-refractivity contribution in [2.24, 2.45) is 0 Å². The largest absolute Gasteiger partial charge is 0.295 e. The van der Waals surface area contributed by atoms with Gasteiger partial charge in [-0.2, -0.15) is 0 Å². The first-order valence-corrected chi connectivity index (χ1v) is 11.6. The topological polar surface area (TPSA) is 17.1 Å². The molecule has 0 aliphatic heterocycles. The lowest BCUT2D eigenvalue weighted by molar-refractivity contribution is -0.114. The molecule has 1 nitrogen and oxygen atoms in total. The fraction of sp³-hybridized carbons (Fsp3) is 0.875. The molecule has 1 rings (SSSR count). The lowest BCUT2D eigenvalue weighted by Crippen LogP contribution is -1.92. The summed E-state index contributed by atoms with van der Waals surface area (Å²) in [4.78, 5) is 11.8. The van der Waals surface area contributed by atoms with Crippen LogP contribution in [0.15, 0.2) is 12.2 Å². The highest BCUT2D eigenvalue weighted by molar-refractivity contribution is 5.89. The van der Waals surface area contributed by atoms with E-state index in [0.717, 1.165) is 19.3 Å². The van der Waals surface area contributed by atoms with E-state index in [0.29, 0.717) is 5.78 Å². The summed E-state index contributed by atoms with van der Waals surface area (Å²) in [7, 11) is 0. The van der Waals surface area contributed by atoms with Crippen molar-refractivity contribution in [1.82, 2.24) is 0 Å². The Morgan fingerprint density at radius 3 is 1.16 bits per heavy atom. The Kier molecular flexibility index (Phi) is 16.4. The number of ketones is 1. The molecule has 0 radical (unpaired) electrons. The predicted molar refractivity (Wildman–Crippen MR) is 111 cm³/mol. The highest BCUT2D eigenvalue weighted by Gasteiger charge is 1.98. The molecule has 0 fully saturated rings. The van der Waals surface area contributed by atoms with E-state index in [9.17, 15) is 4.79 Å². The van der Waals surface area contributed by atoms with Gasteiger partial charge < -0.3 is 0 Å². The standard InChI is InChI=1S/C24H44O/c25-24-22-20-18-16-14-12-10-8-6-4-2-1-3-5-7-9-11-13-15-17-19-21-23-24/h20,22H,1-19,21,23H2/b22-20+. The average molecular weight is 349 g/mol. The van der Waals surface area contributed by atoms with E-state index in [2.05, 4.69) is 6.08 Å². The van der Waals surface area contributed by atoms with Crippen LogP contribution in [0.1, 0.15) is 135 Å². The SMILES string of the molecule is O=C1/C=C/CCCCCCCCCCCCCCCCCCCCC1. The van der Waals surface area contributed by atoms with E-state index in [-0.39, 0.29) is 0 Å². The van der Waals surface area contributed by atoms with Crippen LogP contribution in [0.2, 0.25) is 0 Å². The van der Waals surface area contributed by atoms with Gasteiger partial charge in [0.05, 0.1) is 0 Å². The number of allylic oxidation sites excluding steroid dienone is 2. The third-order valence-electron chi connectivity index (χ3n) is 5.60. The number of hydrogen-bond donors (Lipinski definition) is 0. The molecule has 0 spiro atoms. The van der Waals surface area contributed by atoms with E-state index >= 15 is 0 Å². The Morgan fingerprint density at radius 2 is 0.760 bits per heavy atom. The molecule has 146 valence electrons. The second kappa shape index (κ2) is 18.2. The molecule has 1 aliphatic carbocycles. The van der Waals surface area contributed by atoms with Gasteiger partial charge in [0.25, 0.3) is 0 Å². The van der Waals surface area contributed by atoms with Crippen molar-refractivity contribution in [1.29, 1.82) is 0 Å². The predicted octanol–water partition coefficient (Wildman–Crippen LogP) is 8.32. The molecule has 0 bridgehead atoms. The average Bonchev–Trinajstić information content (AvgIpc) is 2.61. The summed E-state index contributed by atoms with van der Waals surface area (Å²) < 4.78 is 0. The van der Waals surface area contributed by atoms with Gasteiger partial charge in [0.1, 0.15) is 0 Å². The Labute approximate surface area is 158 Å². The summed E-state index contributed by atoms with van der Waals surface area (Å²) in [6.45, 7) is 0. The first-order valence-electron chi connectivity index (χ1n) is 11.6. The van der Waals surface area contributed by atoms with Crippen LogP contribution in [-0.4, -0.2) is 5.78 Å². The van der Waals surface area contributed by atoms with Gasteiger partial charge in [-0.3, -0.25) is 4.79 Å². The third kappa shape index (κ3) is 16.6. The van der Waals surface area contributed by atoms with Crippen LogP contribution in [0.25, 0.3) is 0 Å². The van der Waals surface area contributed by atoms with E-state index in [1.54, 1.807) is 0 Å². The smallest absolute Gasteiger partial charge is 0.155 e. The maximum atomic E-state index is 11.8. The van der Waals surface area contributed by atoms with Crippen LogP contribution in [0.5, 0.6) is 0 Å². The molecule has 0 heterocycles. The lowest BCUT2D eigenvalue weighted by Gasteiger charge is -2.04. The van der Waals surface area contributed by atoms with Crippen molar-refractivity contribution in [3.8, 4) is 0 Å². The van der Waals surface area contributed by atoms with Crippen LogP contribution in [0.4, 0.5) is 0 Å². The van der Waals surface area contributed by atoms with Crippen LogP contribution >= 0.6 is 0 Å². The van der Waals surface area contributed by atoms with E-state index in [1.807, 2.05) is 6.08 Å². The van der Waals surface area contributed by atoms with Crippen molar-refractivity contribution in [3.63, 3.8) is 0 Å². The van der Waals surface area contributed by atoms with Gasteiger partial charge in [0.2, 0.25) is 0 Å². The molecule has 1 heteroatoms. The highest BCUT2D eigenvalue weighted by atomic mass is 16.1. The van der Waals surface area contributed by atoms with Crippen LogP contribution < -0.4 is 0 Å². The van der Waals surface area contributed by atoms with Gasteiger partial charge in [-0.15, -0.1) is 0 Å². The first kappa shape index (κ1) is 22.5. The van der Waals surface area contributed by atoms with Gasteiger partial charge in [-0.25, -0.2) is 0 Å². The van der Waals surface area contributed by atoms with Crippen molar-refractivity contribution < 1.29 is 4.79 Å². The number of rotatable bonds is 0. The second-order valence-electron chi connectivity index (χ2n) is 8.12. The second-order valence-corrected chi connectivity index (χ2v) is 8.12. The number of carbonyl (C=O) groups excluding carboxylic acids is 1. The first-order chi connectivity index (χ1) is 12.4. The van der Waals surface area contributed by atoms with Crippen molar-refractivity contribution in [2.45, 2.75) is 135 Å². The zero-order valence-corrected chi connectivity index (χ0v) is 16.9. The fourth-order valence-electron chi connectivity index (χ4n) is 3.86. The minimum atomic E-state index is 0.342. The number of carbonyl (C=O) groups is 1. The van der Waals surface area contributed by atoms with E-state index < -0.39 is 0 Å². The van der Waals surface area contributed by atoms with Gasteiger partial charge in [-0.05, 0) is 25.3 Å². The minimum Gasteiger partial charge on any atom is -0.295 e. The molecular formula is C24H44O. The molecule has 1 aliphatic rings. The molecular weight excluding hydrogens is 304 g/mol. The summed E-state index contributed by atoms with van der Waals surface area (Å²) in [6.07, 6.45) is 32.0. The van der Waals surface area contributed by atoms with Gasteiger partial charge in [-0.1, -0.05) is 115 Å². The molecule has 0 aromatic rings. The van der Waals surface area contributed by atoms with E-state index in [4.69, 9.17) is 0 Å². The molecule has 0 saturated heterocycles. The Balaban J connectivity index is 2.13. The monoisotopic (exact) mass is 348 g/mol. The highest BCUT2D eigenvalue weighted by Crippen LogP contribution is 2.15. The van der Waals surface area contributed by atoms with Crippen LogP contribution in [0.3, 0.4) is 0 Å². The van der Waals surface area contributed by atoms with Crippen molar-refractivity contribution in [3.05, 3.63) is 12.2 Å². The zero-order valence-electron chi connectivity index (χ0n) is 16.9. The summed E-state index contributed by atoms with van der Waals surface area (Å²) in [6, 6.07) is 0. The molecule has 0 N–H and O–H groups in total. The van der Waals surface area contributed by atoms with Crippen molar-refractivity contribution in [2.75, 3.05) is 0 Å². The Bertz CT molecular complexity index is 318. The molecule has 0 aromatic carbocycles. The molecule has 25 heavy (non-hydrogen) atoms. The Morgan fingerprint density at radius 1 is 0.440 bits per heavy atom. The van der Waals surface area contributed by atoms with E-state index in [1.165, 1.54) is 116 Å². The maximum Gasteiger partial charge on any atom is 0.155 e. The third-order valence-corrected chi connectivity index (χ3v) is 5.60. The number of hydrogen-bond acceptors (Lipinski definition) is 1. The molecule has 0 amide bonds. The van der Waals surface area contributed by atoms with Crippen LogP contribution in [-0.2, 0) is 4.79 Å². The fourth-order valence-corrected chi connectivity index (χ4v) is 3.86. The summed E-state index contributed by atoms with van der Waals surface area (Å²) in [5.41, 5.74) is 0.